The normalized spacial score (nSPS) is 28.4. The van der Waals surface area contributed by atoms with Crippen LogP contribution in [-0.4, -0.2) is 34.9 Å². The summed E-state index contributed by atoms with van der Waals surface area (Å²) in [4.78, 5) is 4.29. The molecule has 0 aliphatic carbocycles. The van der Waals surface area contributed by atoms with Crippen LogP contribution in [-0.2, 0) is 4.74 Å². The fourth-order valence-electron chi connectivity index (χ4n) is 1.97. The van der Waals surface area contributed by atoms with Gasteiger partial charge in [-0.1, -0.05) is 0 Å². The van der Waals surface area contributed by atoms with Crippen molar-refractivity contribution >= 4 is 21.7 Å². The molecule has 2 unspecified atom stereocenters. The summed E-state index contributed by atoms with van der Waals surface area (Å²) in [6.07, 6.45) is 2.27. The van der Waals surface area contributed by atoms with E-state index in [2.05, 4.69) is 26.2 Å². The Balaban J connectivity index is 2.02. The number of hydrogen-bond donors (Lipinski definition) is 2. The molecule has 2 rings (SSSR count). The summed E-state index contributed by atoms with van der Waals surface area (Å²) in [5.41, 5.74) is 0.260. The quantitative estimate of drug-likeness (QED) is 0.898. The second-order valence-corrected chi connectivity index (χ2v) is 5.45. The zero-order chi connectivity index (χ0) is 12.5. The van der Waals surface area contributed by atoms with Crippen LogP contribution in [0.3, 0.4) is 0 Å². The third-order valence-corrected chi connectivity index (χ3v) is 3.70. The summed E-state index contributed by atoms with van der Waals surface area (Å²) in [6.45, 7) is 4.96. The fourth-order valence-corrected chi connectivity index (χ4v) is 2.41. The van der Waals surface area contributed by atoms with E-state index in [0.717, 1.165) is 15.9 Å². The molecule has 1 aliphatic rings. The molecule has 0 bridgehead atoms. The molecule has 0 radical (unpaired) electrons. The van der Waals surface area contributed by atoms with Crippen molar-refractivity contribution in [2.45, 2.75) is 32.0 Å². The topological polar surface area (TPSA) is 54.4 Å². The van der Waals surface area contributed by atoms with Gasteiger partial charge in [-0.15, -0.1) is 0 Å². The Labute approximate surface area is 110 Å². The molecule has 0 saturated carbocycles. The van der Waals surface area contributed by atoms with E-state index in [4.69, 9.17) is 4.74 Å². The molecule has 1 aliphatic heterocycles. The van der Waals surface area contributed by atoms with Gasteiger partial charge in [-0.3, -0.25) is 0 Å². The summed E-state index contributed by atoms with van der Waals surface area (Å²) >= 11 is 3.37. The van der Waals surface area contributed by atoms with E-state index < -0.39 is 5.60 Å². The highest BCUT2D eigenvalue weighted by molar-refractivity contribution is 9.10. The summed E-state index contributed by atoms with van der Waals surface area (Å²) in [5.74, 6) is 0.806. The van der Waals surface area contributed by atoms with Crippen LogP contribution in [0.5, 0.6) is 0 Å². The second-order valence-electron chi connectivity index (χ2n) is 4.54. The number of aliphatic hydroxyl groups is 1. The highest BCUT2D eigenvalue weighted by Gasteiger charge is 2.39. The third-order valence-electron chi connectivity index (χ3n) is 3.27. The highest BCUT2D eigenvalue weighted by Crippen LogP contribution is 2.26. The molecular weight excluding hydrogens is 284 g/mol. The lowest BCUT2D eigenvalue weighted by Gasteiger charge is -2.26. The summed E-state index contributed by atoms with van der Waals surface area (Å²) in [7, 11) is 0. The third kappa shape index (κ3) is 2.78. The molecule has 17 heavy (non-hydrogen) atoms. The van der Waals surface area contributed by atoms with Crippen LogP contribution in [0, 0.1) is 6.92 Å². The molecule has 1 aromatic heterocycles. The van der Waals surface area contributed by atoms with Crippen molar-refractivity contribution in [2.24, 2.45) is 0 Å². The van der Waals surface area contributed by atoms with Crippen molar-refractivity contribution in [2.75, 3.05) is 18.5 Å². The average molecular weight is 301 g/mol. The van der Waals surface area contributed by atoms with Crippen LogP contribution < -0.4 is 5.32 Å². The van der Waals surface area contributed by atoms with Crippen molar-refractivity contribution in [1.29, 1.82) is 0 Å². The molecule has 0 spiro atoms. The van der Waals surface area contributed by atoms with Gasteiger partial charge in [-0.2, -0.15) is 0 Å². The van der Waals surface area contributed by atoms with E-state index in [1.807, 2.05) is 19.9 Å². The smallest absolute Gasteiger partial charge is 0.129 e. The van der Waals surface area contributed by atoms with Crippen molar-refractivity contribution in [3.05, 3.63) is 22.3 Å². The minimum Gasteiger partial charge on any atom is -0.385 e. The van der Waals surface area contributed by atoms with E-state index >= 15 is 0 Å². The molecule has 0 amide bonds. The van der Waals surface area contributed by atoms with Gasteiger partial charge in [0, 0.05) is 30.2 Å². The van der Waals surface area contributed by atoms with E-state index in [0.29, 0.717) is 19.6 Å². The van der Waals surface area contributed by atoms with Crippen LogP contribution in [0.4, 0.5) is 5.82 Å². The van der Waals surface area contributed by atoms with Crippen molar-refractivity contribution in [3.8, 4) is 0 Å². The van der Waals surface area contributed by atoms with Crippen LogP contribution in [0.2, 0.25) is 0 Å². The predicted molar refractivity (Wildman–Crippen MR) is 70.1 cm³/mol. The number of aryl methyl sites for hydroxylation is 1. The number of rotatable bonds is 3. The zero-order valence-electron chi connectivity index (χ0n) is 10.0. The lowest BCUT2D eigenvalue weighted by Crippen LogP contribution is -2.43. The van der Waals surface area contributed by atoms with Gasteiger partial charge in [-0.05, 0) is 41.4 Å². The summed E-state index contributed by atoms with van der Waals surface area (Å²) < 4.78 is 6.34. The Morgan fingerprint density at radius 2 is 2.47 bits per heavy atom. The first-order valence-corrected chi connectivity index (χ1v) is 6.50. The lowest BCUT2D eigenvalue weighted by atomic mass is 9.97. The SMILES string of the molecule is Cc1cc(Br)cnc1NCC1(O)CCOC1C. The summed E-state index contributed by atoms with van der Waals surface area (Å²) in [6, 6.07) is 1.99. The van der Waals surface area contributed by atoms with Gasteiger partial charge in [-0.25, -0.2) is 4.98 Å². The van der Waals surface area contributed by atoms with Gasteiger partial charge >= 0.3 is 0 Å². The van der Waals surface area contributed by atoms with Crippen LogP contribution in [0.25, 0.3) is 0 Å². The molecule has 5 heteroatoms. The highest BCUT2D eigenvalue weighted by atomic mass is 79.9. The molecule has 4 nitrogen and oxygen atoms in total. The second kappa shape index (κ2) is 4.92. The van der Waals surface area contributed by atoms with Gasteiger partial charge in [0.1, 0.15) is 11.4 Å². The lowest BCUT2D eigenvalue weighted by molar-refractivity contribution is -0.0176. The molecule has 2 heterocycles. The molecule has 1 fully saturated rings. The predicted octanol–water partition coefficient (Wildman–Crippen LogP) is 2.10. The standard InChI is InChI=1S/C12H17BrN2O2/c1-8-5-10(13)6-14-11(8)15-7-12(16)3-4-17-9(12)2/h5-6,9,16H,3-4,7H2,1-2H3,(H,14,15). The molecular formula is C12H17BrN2O2. The Morgan fingerprint density at radius 1 is 1.71 bits per heavy atom. The monoisotopic (exact) mass is 300 g/mol. The molecule has 94 valence electrons. The van der Waals surface area contributed by atoms with E-state index in [1.54, 1.807) is 6.20 Å². The van der Waals surface area contributed by atoms with Crippen molar-refractivity contribution in [3.63, 3.8) is 0 Å². The average Bonchev–Trinajstić information content (AvgIpc) is 2.59. The van der Waals surface area contributed by atoms with E-state index in [-0.39, 0.29) is 6.10 Å². The van der Waals surface area contributed by atoms with Gasteiger partial charge in [0.15, 0.2) is 0 Å². The largest absolute Gasteiger partial charge is 0.385 e. The van der Waals surface area contributed by atoms with E-state index in [9.17, 15) is 5.11 Å². The maximum Gasteiger partial charge on any atom is 0.129 e. The first-order chi connectivity index (χ1) is 8.01. The zero-order valence-corrected chi connectivity index (χ0v) is 11.6. The first kappa shape index (κ1) is 12.8. The van der Waals surface area contributed by atoms with Crippen LogP contribution in [0.1, 0.15) is 18.9 Å². The maximum atomic E-state index is 10.3. The Bertz CT molecular complexity index is 413. The fraction of sp³-hybridized carbons (Fsp3) is 0.583. The molecule has 1 saturated heterocycles. The first-order valence-electron chi connectivity index (χ1n) is 5.71. The Kier molecular flexibility index (Phi) is 3.70. The summed E-state index contributed by atoms with van der Waals surface area (Å²) in [5, 5.41) is 13.5. The molecule has 1 aromatic rings. The number of halogens is 1. The number of anilines is 1. The number of nitrogens with one attached hydrogen (secondary N) is 1. The minimum absolute atomic E-state index is 0.134. The van der Waals surface area contributed by atoms with Gasteiger partial charge < -0.3 is 15.2 Å². The number of aromatic nitrogens is 1. The van der Waals surface area contributed by atoms with E-state index in [1.165, 1.54) is 0 Å². The molecule has 2 N–H and O–H groups in total. The van der Waals surface area contributed by atoms with Crippen LogP contribution >= 0.6 is 15.9 Å². The number of pyridine rings is 1. The Hall–Kier alpha value is -0.650. The maximum absolute atomic E-state index is 10.3. The number of ether oxygens (including phenoxy) is 1. The van der Waals surface area contributed by atoms with Gasteiger partial charge in [0.25, 0.3) is 0 Å². The number of hydrogen-bond acceptors (Lipinski definition) is 4. The van der Waals surface area contributed by atoms with Crippen molar-refractivity contribution in [1.82, 2.24) is 4.98 Å². The van der Waals surface area contributed by atoms with Gasteiger partial charge in [0.05, 0.1) is 6.10 Å². The van der Waals surface area contributed by atoms with Crippen molar-refractivity contribution < 1.29 is 9.84 Å². The minimum atomic E-state index is -0.790. The Morgan fingerprint density at radius 3 is 3.06 bits per heavy atom. The van der Waals surface area contributed by atoms with Crippen LogP contribution in [0.15, 0.2) is 16.7 Å². The van der Waals surface area contributed by atoms with Gasteiger partial charge in [0.2, 0.25) is 0 Å². The molecule has 0 aromatic carbocycles. The number of nitrogens with zero attached hydrogens (tertiary/aromatic N) is 1. The molecule has 2 atom stereocenters.